The zero-order valence-electron chi connectivity index (χ0n) is 10.4. The molecule has 0 fully saturated rings. The Morgan fingerprint density at radius 3 is 2.94 bits per heavy atom. The molecule has 0 saturated heterocycles. The summed E-state index contributed by atoms with van der Waals surface area (Å²) < 4.78 is 1.38. The summed E-state index contributed by atoms with van der Waals surface area (Å²) in [5.74, 6) is -0.356. The molecule has 0 bridgehead atoms. The lowest BCUT2D eigenvalue weighted by molar-refractivity contribution is 0.0951. The Bertz CT molecular complexity index is 646. The number of nitrogens with one attached hydrogen (secondary N) is 1. The standard InChI is InChI=1S/C13H15N3O2/c1-3-7-14-12(17)11-9(2)15-10-6-4-5-8-16(10)13(11)18/h4-6,8H,3,7H2,1-2H3,(H,14,17). The van der Waals surface area contributed by atoms with Crippen molar-refractivity contribution in [3.63, 3.8) is 0 Å². The third kappa shape index (κ3) is 2.11. The summed E-state index contributed by atoms with van der Waals surface area (Å²) in [6.07, 6.45) is 2.44. The molecule has 1 N–H and O–H groups in total. The van der Waals surface area contributed by atoms with Crippen molar-refractivity contribution in [1.82, 2.24) is 14.7 Å². The summed E-state index contributed by atoms with van der Waals surface area (Å²) >= 11 is 0. The minimum absolute atomic E-state index is 0.118. The Morgan fingerprint density at radius 1 is 1.44 bits per heavy atom. The van der Waals surface area contributed by atoms with E-state index in [0.29, 0.717) is 17.9 Å². The lowest BCUT2D eigenvalue weighted by Gasteiger charge is -2.07. The number of aromatic nitrogens is 2. The number of pyridine rings is 1. The molecule has 5 heteroatoms. The summed E-state index contributed by atoms with van der Waals surface area (Å²) in [5, 5.41) is 2.70. The van der Waals surface area contributed by atoms with E-state index in [1.165, 1.54) is 4.40 Å². The van der Waals surface area contributed by atoms with Crippen molar-refractivity contribution in [2.24, 2.45) is 0 Å². The number of aryl methyl sites for hydroxylation is 1. The molecule has 2 aromatic rings. The van der Waals surface area contributed by atoms with Gasteiger partial charge in [-0.05, 0) is 25.5 Å². The van der Waals surface area contributed by atoms with E-state index in [9.17, 15) is 9.59 Å². The van der Waals surface area contributed by atoms with Crippen LogP contribution in [0.25, 0.3) is 5.65 Å². The number of hydrogen-bond donors (Lipinski definition) is 1. The normalized spacial score (nSPS) is 10.6. The van der Waals surface area contributed by atoms with Crippen molar-refractivity contribution in [3.8, 4) is 0 Å². The van der Waals surface area contributed by atoms with Gasteiger partial charge < -0.3 is 5.32 Å². The predicted octanol–water partition coefficient (Wildman–Crippen LogP) is 1.14. The van der Waals surface area contributed by atoms with E-state index < -0.39 is 0 Å². The molecule has 0 spiro atoms. The molecule has 2 aromatic heterocycles. The Balaban J connectivity index is 2.57. The molecule has 94 valence electrons. The summed E-state index contributed by atoms with van der Waals surface area (Å²) in [6.45, 7) is 4.18. The molecule has 1 amide bonds. The van der Waals surface area contributed by atoms with Gasteiger partial charge in [0, 0.05) is 12.7 Å². The first-order valence-corrected chi connectivity index (χ1v) is 5.91. The second kappa shape index (κ2) is 5.00. The van der Waals surface area contributed by atoms with Gasteiger partial charge in [-0.1, -0.05) is 13.0 Å². The van der Waals surface area contributed by atoms with E-state index in [-0.39, 0.29) is 17.0 Å². The van der Waals surface area contributed by atoms with Crippen LogP contribution in [0.4, 0.5) is 0 Å². The van der Waals surface area contributed by atoms with Gasteiger partial charge in [-0.25, -0.2) is 4.98 Å². The summed E-state index contributed by atoms with van der Waals surface area (Å²) in [7, 11) is 0. The van der Waals surface area contributed by atoms with Crippen molar-refractivity contribution in [2.45, 2.75) is 20.3 Å². The van der Waals surface area contributed by atoms with Crippen molar-refractivity contribution >= 4 is 11.6 Å². The molecule has 0 aromatic carbocycles. The van der Waals surface area contributed by atoms with Crippen LogP contribution in [0, 0.1) is 6.92 Å². The molecular formula is C13H15N3O2. The van der Waals surface area contributed by atoms with Gasteiger partial charge in [-0.2, -0.15) is 0 Å². The maximum Gasteiger partial charge on any atom is 0.270 e. The molecule has 0 unspecified atom stereocenters. The maximum absolute atomic E-state index is 12.2. The van der Waals surface area contributed by atoms with Gasteiger partial charge in [-0.15, -0.1) is 0 Å². The lowest BCUT2D eigenvalue weighted by Crippen LogP contribution is -2.33. The third-order valence-electron chi connectivity index (χ3n) is 2.68. The second-order valence-corrected chi connectivity index (χ2v) is 4.06. The van der Waals surface area contributed by atoms with Crippen LogP contribution in [-0.2, 0) is 0 Å². The fourth-order valence-electron chi connectivity index (χ4n) is 1.79. The average molecular weight is 245 g/mol. The smallest absolute Gasteiger partial charge is 0.270 e. The molecule has 0 aliphatic rings. The number of fused-ring (bicyclic) bond motifs is 1. The molecule has 0 aliphatic carbocycles. The fraction of sp³-hybridized carbons (Fsp3) is 0.308. The molecule has 2 rings (SSSR count). The molecule has 0 aliphatic heterocycles. The van der Waals surface area contributed by atoms with Crippen LogP contribution < -0.4 is 10.9 Å². The largest absolute Gasteiger partial charge is 0.352 e. The van der Waals surface area contributed by atoms with Crippen molar-refractivity contribution < 1.29 is 4.79 Å². The number of rotatable bonds is 3. The highest BCUT2D eigenvalue weighted by Crippen LogP contribution is 2.03. The number of hydrogen-bond acceptors (Lipinski definition) is 3. The molecular weight excluding hydrogens is 230 g/mol. The minimum atomic E-state index is -0.356. The molecule has 0 atom stereocenters. The first-order valence-electron chi connectivity index (χ1n) is 5.91. The topological polar surface area (TPSA) is 63.5 Å². The van der Waals surface area contributed by atoms with Crippen LogP contribution in [0.5, 0.6) is 0 Å². The van der Waals surface area contributed by atoms with Crippen LogP contribution in [0.3, 0.4) is 0 Å². The number of nitrogens with zero attached hydrogens (tertiary/aromatic N) is 2. The van der Waals surface area contributed by atoms with Crippen LogP contribution in [0.15, 0.2) is 29.2 Å². The van der Waals surface area contributed by atoms with E-state index in [2.05, 4.69) is 10.3 Å². The van der Waals surface area contributed by atoms with E-state index in [0.717, 1.165) is 6.42 Å². The van der Waals surface area contributed by atoms with E-state index >= 15 is 0 Å². The van der Waals surface area contributed by atoms with E-state index in [1.54, 1.807) is 31.3 Å². The fourth-order valence-corrected chi connectivity index (χ4v) is 1.79. The quantitative estimate of drug-likeness (QED) is 0.882. The van der Waals surface area contributed by atoms with Crippen LogP contribution in [0.1, 0.15) is 29.4 Å². The highest BCUT2D eigenvalue weighted by Gasteiger charge is 2.16. The first kappa shape index (κ1) is 12.3. The monoisotopic (exact) mass is 245 g/mol. The van der Waals surface area contributed by atoms with E-state index in [4.69, 9.17) is 0 Å². The molecule has 2 heterocycles. The Kier molecular flexibility index (Phi) is 3.41. The van der Waals surface area contributed by atoms with Gasteiger partial charge in [0.15, 0.2) is 0 Å². The Morgan fingerprint density at radius 2 is 2.22 bits per heavy atom. The van der Waals surface area contributed by atoms with Crippen molar-refractivity contribution in [1.29, 1.82) is 0 Å². The zero-order valence-corrected chi connectivity index (χ0v) is 10.4. The van der Waals surface area contributed by atoms with Gasteiger partial charge in [0.05, 0.1) is 5.69 Å². The first-order chi connectivity index (χ1) is 8.65. The second-order valence-electron chi connectivity index (χ2n) is 4.06. The number of carbonyl (C=O) groups is 1. The minimum Gasteiger partial charge on any atom is -0.352 e. The summed E-state index contributed by atoms with van der Waals surface area (Å²) in [6, 6.07) is 5.28. The third-order valence-corrected chi connectivity index (χ3v) is 2.68. The van der Waals surface area contributed by atoms with Gasteiger partial charge in [0.25, 0.3) is 11.5 Å². The zero-order chi connectivity index (χ0) is 13.1. The predicted molar refractivity (Wildman–Crippen MR) is 68.8 cm³/mol. The maximum atomic E-state index is 12.2. The molecule has 0 saturated carbocycles. The number of amides is 1. The van der Waals surface area contributed by atoms with Crippen LogP contribution in [-0.4, -0.2) is 21.8 Å². The summed E-state index contributed by atoms with van der Waals surface area (Å²) in [4.78, 5) is 28.4. The summed E-state index contributed by atoms with van der Waals surface area (Å²) in [5.41, 5.74) is 0.797. The van der Waals surface area contributed by atoms with E-state index in [1.807, 2.05) is 6.92 Å². The average Bonchev–Trinajstić information content (AvgIpc) is 2.36. The van der Waals surface area contributed by atoms with Gasteiger partial charge >= 0.3 is 0 Å². The lowest BCUT2D eigenvalue weighted by atomic mass is 10.2. The van der Waals surface area contributed by atoms with Gasteiger partial charge in [-0.3, -0.25) is 14.0 Å². The SMILES string of the molecule is CCCNC(=O)c1c(C)nc2ccccn2c1=O. The molecule has 5 nitrogen and oxygen atoms in total. The highest BCUT2D eigenvalue weighted by atomic mass is 16.2. The highest BCUT2D eigenvalue weighted by molar-refractivity contribution is 5.95. The molecule has 0 radical (unpaired) electrons. The Hall–Kier alpha value is -2.17. The van der Waals surface area contributed by atoms with Gasteiger partial charge in [0.2, 0.25) is 0 Å². The van der Waals surface area contributed by atoms with Crippen molar-refractivity contribution in [3.05, 3.63) is 46.0 Å². The van der Waals surface area contributed by atoms with Crippen LogP contribution >= 0.6 is 0 Å². The van der Waals surface area contributed by atoms with Crippen LogP contribution in [0.2, 0.25) is 0 Å². The Labute approximate surface area is 104 Å². The van der Waals surface area contributed by atoms with Gasteiger partial charge in [0.1, 0.15) is 11.2 Å². The molecule has 18 heavy (non-hydrogen) atoms. The number of carbonyl (C=O) groups excluding carboxylic acids is 1. The van der Waals surface area contributed by atoms with Crippen molar-refractivity contribution in [2.75, 3.05) is 6.54 Å².